The number of hydrogen-bond donors (Lipinski definition) is 1. The zero-order valence-electron chi connectivity index (χ0n) is 12.1. The molecule has 1 N–H and O–H groups in total. The van der Waals surface area contributed by atoms with Crippen molar-refractivity contribution in [2.75, 3.05) is 5.32 Å². The fourth-order valence-corrected chi connectivity index (χ4v) is 3.14. The Morgan fingerprint density at radius 3 is 2.27 bits per heavy atom. The van der Waals surface area contributed by atoms with Crippen molar-refractivity contribution < 1.29 is 4.39 Å². The Bertz CT molecular complexity index is 669. The van der Waals surface area contributed by atoms with Gasteiger partial charge in [0.05, 0.1) is 5.69 Å². The number of benzene rings is 1. The summed E-state index contributed by atoms with van der Waals surface area (Å²) in [5.74, 6) is 2.05. The van der Waals surface area contributed by atoms with Gasteiger partial charge >= 0.3 is 0 Å². The second-order valence-electron chi connectivity index (χ2n) is 6.26. The Kier molecular flexibility index (Phi) is 3.49. The third kappa shape index (κ3) is 3.07. The fraction of sp³-hybridized carbons (Fsp3) is 0.412. The molecule has 2 aromatic rings. The molecule has 114 valence electrons. The standard InChI is InChI=1S/C17H17ClFN3/c18-17-20-14(10-5-7-13(19)8-6-10)9-15(22-17)21-16(11-1-2-11)12-3-4-12/h5-9,11-12,16H,1-4H2,(H,20,21,22). The summed E-state index contributed by atoms with van der Waals surface area (Å²) in [6.45, 7) is 0. The van der Waals surface area contributed by atoms with Gasteiger partial charge in [0.2, 0.25) is 5.28 Å². The van der Waals surface area contributed by atoms with E-state index in [0.29, 0.717) is 11.7 Å². The van der Waals surface area contributed by atoms with Gasteiger partial charge in [0.15, 0.2) is 0 Å². The van der Waals surface area contributed by atoms with Crippen molar-refractivity contribution in [3.63, 3.8) is 0 Å². The van der Waals surface area contributed by atoms with E-state index in [1.807, 2.05) is 6.07 Å². The molecule has 1 aromatic carbocycles. The minimum atomic E-state index is -0.259. The van der Waals surface area contributed by atoms with E-state index in [1.54, 1.807) is 12.1 Å². The third-order valence-corrected chi connectivity index (χ3v) is 4.58. The summed E-state index contributed by atoms with van der Waals surface area (Å²) in [6, 6.07) is 8.67. The lowest BCUT2D eigenvalue weighted by molar-refractivity contribution is 0.565. The van der Waals surface area contributed by atoms with Gasteiger partial charge in [0.1, 0.15) is 11.6 Å². The molecular formula is C17H17ClFN3. The summed E-state index contributed by atoms with van der Waals surface area (Å²) in [5.41, 5.74) is 1.55. The van der Waals surface area contributed by atoms with E-state index < -0.39 is 0 Å². The zero-order chi connectivity index (χ0) is 15.1. The molecule has 0 aliphatic heterocycles. The van der Waals surface area contributed by atoms with Crippen LogP contribution in [0.4, 0.5) is 10.2 Å². The number of nitrogens with one attached hydrogen (secondary N) is 1. The van der Waals surface area contributed by atoms with Gasteiger partial charge in [-0.2, -0.15) is 0 Å². The van der Waals surface area contributed by atoms with Crippen molar-refractivity contribution >= 4 is 17.4 Å². The normalized spacial score (nSPS) is 17.8. The van der Waals surface area contributed by atoms with E-state index in [-0.39, 0.29) is 11.1 Å². The molecule has 2 fully saturated rings. The van der Waals surface area contributed by atoms with Crippen molar-refractivity contribution in [3.8, 4) is 11.3 Å². The highest BCUT2D eigenvalue weighted by atomic mass is 35.5. The maximum atomic E-state index is 13.1. The average molecular weight is 318 g/mol. The molecule has 0 saturated heterocycles. The van der Waals surface area contributed by atoms with Crippen LogP contribution in [0, 0.1) is 17.7 Å². The Labute approximate surface area is 133 Å². The first-order valence-electron chi connectivity index (χ1n) is 7.76. The minimum Gasteiger partial charge on any atom is -0.367 e. The molecule has 5 heteroatoms. The fourth-order valence-electron chi connectivity index (χ4n) is 2.96. The summed E-state index contributed by atoms with van der Waals surface area (Å²) < 4.78 is 13.1. The Hall–Kier alpha value is -1.68. The topological polar surface area (TPSA) is 37.8 Å². The van der Waals surface area contributed by atoms with Crippen LogP contribution in [0.3, 0.4) is 0 Å². The first kappa shape index (κ1) is 13.9. The number of aromatic nitrogens is 2. The lowest BCUT2D eigenvalue weighted by Gasteiger charge is -2.18. The maximum Gasteiger partial charge on any atom is 0.224 e. The summed E-state index contributed by atoms with van der Waals surface area (Å²) in [6.07, 6.45) is 5.21. The van der Waals surface area contributed by atoms with Gasteiger partial charge in [0.25, 0.3) is 0 Å². The Balaban J connectivity index is 1.61. The molecule has 22 heavy (non-hydrogen) atoms. The molecule has 0 spiro atoms. The zero-order valence-corrected chi connectivity index (χ0v) is 12.9. The molecule has 2 saturated carbocycles. The molecule has 0 amide bonds. The van der Waals surface area contributed by atoms with Crippen molar-refractivity contribution in [1.29, 1.82) is 0 Å². The highest BCUT2D eigenvalue weighted by Crippen LogP contribution is 2.45. The van der Waals surface area contributed by atoms with Gasteiger partial charge in [0, 0.05) is 17.7 Å². The van der Waals surface area contributed by atoms with Gasteiger partial charge < -0.3 is 5.32 Å². The first-order chi connectivity index (χ1) is 10.7. The highest BCUT2D eigenvalue weighted by molar-refractivity contribution is 6.28. The van der Waals surface area contributed by atoms with Gasteiger partial charge in [-0.25, -0.2) is 14.4 Å². The van der Waals surface area contributed by atoms with Crippen LogP contribution in [-0.4, -0.2) is 16.0 Å². The van der Waals surface area contributed by atoms with Crippen LogP contribution in [0.2, 0.25) is 5.28 Å². The van der Waals surface area contributed by atoms with Gasteiger partial charge in [-0.1, -0.05) is 0 Å². The average Bonchev–Trinajstić information content (AvgIpc) is 3.38. The van der Waals surface area contributed by atoms with Crippen LogP contribution < -0.4 is 5.32 Å². The van der Waals surface area contributed by atoms with Gasteiger partial charge in [-0.15, -0.1) is 0 Å². The summed E-state index contributed by atoms with van der Waals surface area (Å²) in [5, 5.41) is 3.77. The van der Waals surface area contributed by atoms with E-state index in [9.17, 15) is 4.39 Å². The summed E-state index contributed by atoms with van der Waals surface area (Å²) in [7, 11) is 0. The second-order valence-corrected chi connectivity index (χ2v) is 6.60. The Morgan fingerprint density at radius 2 is 1.68 bits per heavy atom. The van der Waals surface area contributed by atoms with E-state index in [2.05, 4.69) is 15.3 Å². The van der Waals surface area contributed by atoms with Crippen LogP contribution in [0.15, 0.2) is 30.3 Å². The quantitative estimate of drug-likeness (QED) is 0.823. The number of rotatable bonds is 5. The largest absolute Gasteiger partial charge is 0.367 e. The van der Waals surface area contributed by atoms with E-state index >= 15 is 0 Å². The molecule has 1 heterocycles. The molecule has 2 aliphatic carbocycles. The van der Waals surface area contributed by atoms with Crippen molar-refractivity contribution in [2.24, 2.45) is 11.8 Å². The third-order valence-electron chi connectivity index (χ3n) is 4.41. The minimum absolute atomic E-state index is 0.217. The monoisotopic (exact) mass is 317 g/mol. The van der Waals surface area contributed by atoms with Crippen molar-refractivity contribution in [2.45, 2.75) is 31.7 Å². The predicted octanol–water partition coefficient (Wildman–Crippen LogP) is 4.54. The molecule has 4 rings (SSSR count). The number of anilines is 1. The number of nitrogens with zero attached hydrogens (tertiary/aromatic N) is 2. The molecule has 0 radical (unpaired) electrons. The maximum absolute atomic E-state index is 13.1. The summed E-state index contributed by atoms with van der Waals surface area (Å²) in [4.78, 5) is 8.56. The summed E-state index contributed by atoms with van der Waals surface area (Å²) >= 11 is 6.07. The van der Waals surface area contributed by atoms with E-state index in [4.69, 9.17) is 11.6 Å². The van der Waals surface area contributed by atoms with Crippen LogP contribution in [0.1, 0.15) is 25.7 Å². The Morgan fingerprint density at radius 1 is 1.05 bits per heavy atom. The van der Waals surface area contributed by atoms with Crippen molar-refractivity contribution in [1.82, 2.24) is 9.97 Å². The van der Waals surface area contributed by atoms with Gasteiger partial charge in [-0.3, -0.25) is 0 Å². The molecule has 1 aromatic heterocycles. The molecule has 2 aliphatic rings. The van der Waals surface area contributed by atoms with E-state index in [0.717, 1.165) is 23.2 Å². The smallest absolute Gasteiger partial charge is 0.224 e. The van der Waals surface area contributed by atoms with E-state index in [1.165, 1.54) is 37.8 Å². The second kappa shape index (κ2) is 5.51. The van der Waals surface area contributed by atoms with Gasteiger partial charge in [-0.05, 0) is 73.4 Å². The van der Waals surface area contributed by atoms with Crippen LogP contribution in [0.25, 0.3) is 11.3 Å². The lowest BCUT2D eigenvalue weighted by Crippen LogP contribution is -2.24. The molecule has 0 atom stereocenters. The molecule has 0 bridgehead atoms. The number of halogens is 2. The molecule has 0 unspecified atom stereocenters. The predicted molar refractivity (Wildman–Crippen MR) is 85.3 cm³/mol. The highest BCUT2D eigenvalue weighted by Gasteiger charge is 2.41. The number of hydrogen-bond acceptors (Lipinski definition) is 3. The SMILES string of the molecule is Fc1ccc(-c2cc(NC(C3CC3)C3CC3)nc(Cl)n2)cc1. The molecular weight excluding hydrogens is 301 g/mol. The lowest BCUT2D eigenvalue weighted by atomic mass is 10.1. The first-order valence-corrected chi connectivity index (χ1v) is 8.14. The van der Waals surface area contributed by atoms with Crippen LogP contribution >= 0.6 is 11.6 Å². The van der Waals surface area contributed by atoms with Crippen LogP contribution in [-0.2, 0) is 0 Å². The van der Waals surface area contributed by atoms with Crippen LogP contribution in [0.5, 0.6) is 0 Å². The van der Waals surface area contributed by atoms with Crippen molar-refractivity contribution in [3.05, 3.63) is 41.4 Å². The molecule has 3 nitrogen and oxygen atoms in total.